The van der Waals surface area contributed by atoms with Crippen LogP contribution in [-0.2, 0) is 14.3 Å². The lowest BCUT2D eigenvalue weighted by atomic mass is 9.84. The first-order chi connectivity index (χ1) is 10.2. The average Bonchev–Trinajstić information content (AvgIpc) is 3.08. The van der Waals surface area contributed by atoms with Crippen molar-refractivity contribution in [1.82, 2.24) is 10.2 Å². The summed E-state index contributed by atoms with van der Waals surface area (Å²) in [5.74, 6) is 1.09. The van der Waals surface area contributed by atoms with Crippen LogP contribution in [0.5, 0.6) is 0 Å². The highest BCUT2D eigenvalue weighted by Crippen LogP contribution is 2.47. The first-order valence-corrected chi connectivity index (χ1v) is 8.05. The van der Waals surface area contributed by atoms with Gasteiger partial charge in [0.1, 0.15) is 0 Å². The van der Waals surface area contributed by atoms with Crippen molar-refractivity contribution in [2.75, 3.05) is 32.8 Å². The Hall–Kier alpha value is -0.850. The number of hydrogen-bond acceptors (Lipinski definition) is 4. The molecule has 3 N–H and O–H groups in total. The predicted octanol–water partition coefficient (Wildman–Crippen LogP) is 0.147. The Labute approximate surface area is 137 Å². The maximum absolute atomic E-state index is 12.3. The number of amides is 2. The number of rotatable bonds is 4. The van der Waals surface area contributed by atoms with E-state index in [1.807, 2.05) is 0 Å². The van der Waals surface area contributed by atoms with E-state index in [-0.39, 0.29) is 36.2 Å². The zero-order chi connectivity index (χ0) is 14.8. The fourth-order valence-corrected chi connectivity index (χ4v) is 4.11. The molecule has 3 rings (SSSR count). The molecule has 22 heavy (non-hydrogen) atoms. The van der Waals surface area contributed by atoms with Gasteiger partial charge in [0.05, 0.1) is 19.1 Å². The third-order valence-electron chi connectivity index (χ3n) is 5.29. The number of hydrogen-bond donors (Lipinski definition) is 2. The Kier molecular flexibility index (Phi) is 6.06. The lowest BCUT2D eigenvalue weighted by Crippen LogP contribution is -2.46. The number of morpholine rings is 1. The fraction of sp³-hybridized carbons (Fsp3) is 0.867. The quantitative estimate of drug-likeness (QED) is 0.768. The monoisotopic (exact) mass is 331 g/mol. The molecule has 1 aliphatic heterocycles. The van der Waals surface area contributed by atoms with Gasteiger partial charge in [0.25, 0.3) is 0 Å². The van der Waals surface area contributed by atoms with Gasteiger partial charge in [-0.15, -0.1) is 12.4 Å². The molecule has 2 aliphatic carbocycles. The normalized spacial score (nSPS) is 33.4. The minimum absolute atomic E-state index is 0. The zero-order valence-corrected chi connectivity index (χ0v) is 13.6. The molecule has 1 heterocycles. The van der Waals surface area contributed by atoms with Crippen LogP contribution >= 0.6 is 12.4 Å². The third kappa shape index (κ3) is 3.55. The van der Waals surface area contributed by atoms with E-state index >= 15 is 0 Å². The van der Waals surface area contributed by atoms with Gasteiger partial charge in [-0.25, -0.2) is 0 Å². The number of halogens is 1. The maximum Gasteiger partial charge on any atom is 0.224 e. The molecular weight excluding hydrogens is 306 g/mol. The van der Waals surface area contributed by atoms with Crippen LogP contribution in [-0.4, -0.2) is 55.6 Å². The van der Waals surface area contributed by atoms with Crippen molar-refractivity contribution < 1.29 is 14.3 Å². The van der Waals surface area contributed by atoms with Gasteiger partial charge in [-0.3, -0.25) is 9.59 Å². The molecule has 4 atom stereocenters. The lowest BCUT2D eigenvalue weighted by Gasteiger charge is -2.28. The van der Waals surface area contributed by atoms with E-state index in [0.717, 1.165) is 12.8 Å². The van der Waals surface area contributed by atoms with Crippen LogP contribution in [0.1, 0.15) is 25.7 Å². The molecule has 2 bridgehead atoms. The summed E-state index contributed by atoms with van der Waals surface area (Å²) in [5.41, 5.74) is 6.16. The number of nitrogens with one attached hydrogen (secondary N) is 1. The number of nitrogens with zero attached hydrogens (tertiary/aromatic N) is 1. The van der Waals surface area contributed by atoms with Crippen molar-refractivity contribution in [1.29, 1.82) is 0 Å². The molecular formula is C15H26ClN3O3. The van der Waals surface area contributed by atoms with E-state index in [1.165, 1.54) is 6.42 Å². The van der Waals surface area contributed by atoms with Gasteiger partial charge in [-0.1, -0.05) is 0 Å². The number of carbonyl (C=O) groups excluding carboxylic acids is 2. The van der Waals surface area contributed by atoms with Crippen molar-refractivity contribution in [2.24, 2.45) is 23.5 Å². The molecule has 0 aromatic rings. The van der Waals surface area contributed by atoms with Gasteiger partial charge in [-0.2, -0.15) is 0 Å². The van der Waals surface area contributed by atoms with Crippen LogP contribution < -0.4 is 11.1 Å². The minimum Gasteiger partial charge on any atom is -0.378 e. The number of carbonyl (C=O) groups is 2. The van der Waals surface area contributed by atoms with Crippen LogP contribution in [0.15, 0.2) is 0 Å². The molecule has 7 heteroatoms. The molecule has 4 unspecified atom stereocenters. The highest BCUT2D eigenvalue weighted by Gasteiger charge is 2.48. The lowest BCUT2D eigenvalue weighted by molar-refractivity contribution is -0.135. The molecule has 2 saturated carbocycles. The molecule has 0 aromatic heterocycles. The average molecular weight is 332 g/mol. The van der Waals surface area contributed by atoms with Crippen molar-refractivity contribution in [2.45, 2.75) is 31.7 Å². The Morgan fingerprint density at radius 1 is 1.18 bits per heavy atom. The second-order valence-electron chi connectivity index (χ2n) is 6.47. The summed E-state index contributed by atoms with van der Waals surface area (Å²) in [4.78, 5) is 26.1. The molecule has 0 radical (unpaired) electrons. The molecule has 6 nitrogen and oxygen atoms in total. The highest BCUT2D eigenvalue weighted by molar-refractivity contribution is 5.85. The summed E-state index contributed by atoms with van der Waals surface area (Å²) in [7, 11) is 0. The summed E-state index contributed by atoms with van der Waals surface area (Å²) >= 11 is 0. The topological polar surface area (TPSA) is 84.7 Å². The van der Waals surface area contributed by atoms with Gasteiger partial charge in [0.2, 0.25) is 11.8 Å². The largest absolute Gasteiger partial charge is 0.378 e. The SMILES string of the molecule is Cl.NC1C2CCC(C2)C1C(=O)NCCC(=O)N1CCOCC1. The van der Waals surface area contributed by atoms with Crippen molar-refractivity contribution in [3.63, 3.8) is 0 Å². The van der Waals surface area contributed by atoms with E-state index in [4.69, 9.17) is 10.5 Å². The molecule has 3 aliphatic rings. The predicted molar refractivity (Wildman–Crippen MR) is 84.6 cm³/mol. The summed E-state index contributed by atoms with van der Waals surface area (Å²) in [5, 5.41) is 2.91. The number of ether oxygens (including phenoxy) is 1. The standard InChI is InChI=1S/C15H25N3O3.ClH/c16-14-11-2-1-10(9-11)13(14)15(20)17-4-3-12(19)18-5-7-21-8-6-18;/h10-11,13-14H,1-9,16H2,(H,17,20);1H. The Balaban J connectivity index is 0.00000176. The molecule has 3 fully saturated rings. The van der Waals surface area contributed by atoms with Gasteiger partial charge < -0.3 is 20.7 Å². The summed E-state index contributed by atoms with van der Waals surface area (Å²) in [6.45, 7) is 2.94. The van der Waals surface area contributed by atoms with Gasteiger partial charge in [0.15, 0.2) is 0 Å². The summed E-state index contributed by atoms with van der Waals surface area (Å²) in [6.07, 6.45) is 3.77. The first-order valence-electron chi connectivity index (χ1n) is 8.05. The zero-order valence-electron chi connectivity index (χ0n) is 12.8. The van der Waals surface area contributed by atoms with Crippen LogP contribution in [0.3, 0.4) is 0 Å². The highest BCUT2D eigenvalue weighted by atomic mass is 35.5. The Morgan fingerprint density at radius 2 is 1.86 bits per heavy atom. The van der Waals surface area contributed by atoms with Crippen molar-refractivity contribution in [3.05, 3.63) is 0 Å². The van der Waals surface area contributed by atoms with Crippen LogP contribution in [0, 0.1) is 17.8 Å². The molecule has 0 spiro atoms. The van der Waals surface area contributed by atoms with Crippen LogP contribution in [0.4, 0.5) is 0 Å². The van der Waals surface area contributed by atoms with Crippen LogP contribution in [0.2, 0.25) is 0 Å². The van der Waals surface area contributed by atoms with Gasteiger partial charge >= 0.3 is 0 Å². The molecule has 1 saturated heterocycles. The van der Waals surface area contributed by atoms with E-state index < -0.39 is 0 Å². The minimum atomic E-state index is -0.0396. The number of nitrogens with two attached hydrogens (primary N) is 1. The smallest absolute Gasteiger partial charge is 0.224 e. The second-order valence-corrected chi connectivity index (χ2v) is 6.47. The third-order valence-corrected chi connectivity index (χ3v) is 5.29. The summed E-state index contributed by atoms with van der Waals surface area (Å²) in [6, 6.07) is 0.0127. The van der Waals surface area contributed by atoms with Crippen molar-refractivity contribution >= 4 is 24.2 Å². The van der Waals surface area contributed by atoms with Crippen LogP contribution in [0.25, 0.3) is 0 Å². The fourth-order valence-electron chi connectivity index (χ4n) is 4.11. The molecule has 0 aromatic carbocycles. The van der Waals surface area contributed by atoms with E-state index in [1.54, 1.807) is 4.90 Å². The first kappa shape index (κ1) is 17.5. The Bertz CT molecular complexity index is 413. The van der Waals surface area contributed by atoms with Gasteiger partial charge in [-0.05, 0) is 31.1 Å². The maximum atomic E-state index is 12.3. The van der Waals surface area contributed by atoms with Gasteiger partial charge in [0, 0.05) is 32.1 Å². The van der Waals surface area contributed by atoms with Crippen molar-refractivity contribution in [3.8, 4) is 0 Å². The second kappa shape index (κ2) is 7.62. The van der Waals surface area contributed by atoms with E-state index in [9.17, 15) is 9.59 Å². The Morgan fingerprint density at radius 3 is 2.50 bits per heavy atom. The van der Waals surface area contributed by atoms with E-state index in [0.29, 0.717) is 51.1 Å². The molecule has 126 valence electrons. The number of fused-ring (bicyclic) bond motifs is 2. The molecule has 2 amide bonds. The summed E-state index contributed by atoms with van der Waals surface area (Å²) < 4.78 is 5.22. The van der Waals surface area contributed by atoms with E-state index in [2.05, 4.69) is 5.32 Å².